The number of ether oxygens (including phenoxy) is 1. The zero-order valence-electron chi connectivity index (χ0n) is 10.4. The van der Waals surface area contributed by atoms with E-state index in [2.05, 4.69) is 17.4 Å². The number of hydrogen-bond acceptors (Lipinski definition) is 3. The third kappa shape index (κ3) is 3.06. The van der Waals surface area contributed by atoms with Gasteiger partial charge in [0.15, 0.2) is 0 Å². The Morgan fingerprint density at radius 3 is 2.76 bits per heavy atom. The van der Waals surface area contributed by atoms with Crippen LogP contribution >= 0.6 is 0 Å². The maximum absolute atomic E-state index is 10.1. The molecule has 0 saturated carbocycles. The van der Waals surface area contributed by atoms with E-state index in [0.29, 0.717) is 12.5 Å². The molecule has 2 rings (SSSR count). The van der Waals surface area contributed by atoms with Crippen LogP contribution in [0.4, 0.5) is 0 Å². The number of nitrogens with one attached hydrogen (secondary N) is 1. The van der Waals surface area contributed by atoms with Crippen molar-refractivity contribution in [1.29, 1.82) is 0 Å². The summed E-state index contributed by atoms with van der Waals surface area (Å²) in [6, 6.07) is 8.23. The van der Waals surface area contributed by atoms with Crippen molar-refractivity contribution >= 4 is 0 Å². The lowest BCUT2D eigenvalue weighted by Crippen LogP contribution is -2.20. The Kier molecular flexibility index (Phi) is 4.54. The molecule has 1 saturated heterocycles. The summed E-state index contributed by atoms with van der Waals surface area (Å²) in [6.07, 6.45) is 1.70. The number of aliphatic hydroxyl groups is 1. The maximum Gasteiger partial charge on any atom is 0.0917 e. The molecule has 0 amide bonds. The van der Waals surface area contributed by atoms with E-state index in [4.69, 9.17) is 4.74 Å². The predicted octanol–water partition coefficient (Wildman–Crippen LogP) is 1.83. The molecule has 0 aromatic heterocycles. The van der Waals surface area contributed by atoms with Crippen LogP contribution in [0.3, 0.4) is 0 Å². The summed E-state index contributed by atoms with van der Waals surface area (Å²) in [5.74, 6) is 0.534. The van der Waals surface area contributed by atoms with Crippen LogP contribution in [0.15, 0.2) is 24.3 Å². The Hall–Kier alpha value is -0.900. The summed E-state index contributed by atoms with van der Waals surface area (Å²) >= 11 is 0. The molecule has 1 aromatic carbocycles. The Labute approximate surface area is 103 Å². The van der Waals surface area contributed by atoms with Crippen LogP contribution in [-0.4, -0.2) is 31.9 Å². The predicted molar refractivity (Wildman–Crippen MR) is 68.1 cm³/mol. The minimum Gasteiger partial charge on any atom is -0.387 e. The standard InChI is InChI=1S/C14H21NO2/c1-15-10-14(16)13-5-3-2-4-12(13)11-6-8-17-9-7-11/h2-5,11,14-16H,6-10H2,1H3. The van der Waals surface area contributed by atoms with Crippen LogP contribution in [0.25, 0.3) is 0 Å². The van der Waals surface area contributed by atoms with E-state index in [9.17, 15) is 5.11 Å². The molecule has 0 aliphatic carbocycles. The Bertz CT molecular complexity index is 348. The van der Waals surface area contributed by atoms with Crippen molar-refractivity contribution < 1.29 is 9.84 Å². The molecular weight excluding hydrogens is 214 g/mol. The lowest BCUT2D eigenvalue weighted by molar-refractivity contribution is 0.0842. The van der Waals surface area contributed by atoms with Crippen molar-refractivity contribution in [1.82, 2.24) is 5.32 Å². The average Bonchev–Trinajstić information content (AvgIpc) is 2.40. The summed E-state index contributed by atoms with van der Waals surface area (Å²) in [6.45, 7) is 2.27. The highest BCUT2D eigenvalue weighted by atomic mass is 16.5. The zero-order chi connectivity index (χ0) is 12.1. The summed E-state index contributed by atoms with van der Waals surface area (Å²) in [5.41, 5.74) is 2.35. The smallest absolute Gasteiger partial charge is 0.0917 e. The van der Waals surface area contributed by atoms with E-state index in [1.165, 1.54) is 5.56 Å². The van der Waals surface area contributed by atoms with Crippen LogP contribution in [0.1, 0.15) is 36.0 Å². The lowest BCUT2D eigenvalue weighted by Gasteiger charge is -2.26. The molecule has 3 nitrogen and oxygen atoms in total. The summed E-state index contributed by atoms with van der Waals surface area (Å²) < 4.78 is 5.39. The van der Waals surface area contributed by atoms with Gasteiger partial charge in [-0.1, -0.05) is 24.3 Å². The molecule has 0 radical (unpaired) electrons. The molecule has 2 N–H and O–H groups in total. The minimum atomic E-state index is -0.418. The highest BCUT2D eigenvalue weighted by molar-refractivity contribution is 5.32. The quantitative estimate of drug-likeness (QED) is 0.836. The molecule has 1 fully saturated rings. The second-order valence-electron chi connectivity index (χ2n) is 4.59. The van der Waals surface area contributed by atoms with Crippen molar-refractivity contribution in [2.45, 2.75) is 24.9 Å². The molecule has 0 spiro atoms. The zero-order valence-corrected chi connectivity index (χ0v) is 10.4. The maximum atomic E-state index is 10.1. The van der Waals surface area contributed by atoms with Crippen LogP contribution in [0.2, 0.25) is 0 Å². The van der Waals surface area contributed by atoms with Crippen molar-refractivity contribution in [3.8, 4) is 0 Å². The van der Waals surface area contributed by atoms with E-state index in [-0.39, 0.29) is 0 Å². The molecule has 1 heterocycles. The molecule has 94 valence electrons. The van der Waals surface area contributed by atoms with Gasteiger partial charge in [0.2, 0.25) is 0 Å². The van der Waals surface area contributed by atoms with E-state index < -0.39 is 6.10 Å². The summed E-state index contributed by atoms with van der Waals surface area (Å²) in [4.78, 5) is 0. The van der Waals surface area contributed by atoms with Crippen LogP contribution < -0.4 is 5.32 Å². The number of benzene rings is 1. The Morgan fingerprint density at radius 1 is 1.35 bits per heavy atom. The fraction of sp³-hybridized carbons (Fsp3) is 0.571. The highest BCUT2D eigenvalue weighted by Crippen LogP contribution is 2.31. The number of rotatable bonds is 4. The van der Waals surface area contributed by atoms with Gasteiger partial charge in [0.05, 0.1) is 6.10 Å². The Balaban J connectivity index is 2.19. The van der Waals surface area contributed by atoms with Crippen molar-refractivity contribution in [3.05, 3.63) is 35.4 Å². The van der Waals surface area contributed by atoms with E-state index in [0.717, 1.165) is 31.6 Å². The monoisotopic (exact) mass is 235 g/mol. The molecule has 1 aliphatic rings. The fourth-order valence-corrected chi connectivity index (χ4v) is 2.50. The van der Waals surface area contributed by atoms with Crippen LogP contribution in [0, 0.1) is 0 Å². The van der Waals surface area contributed by atoms with Gasteiger partial charge in [0.1, 0.15) is 0 Å². The van der Waals surface area contributed by atoms with E-state index in [1.54, 1.807) is 0 Å². The number of aliphatic hydroxyl groups excluding tert-OH is 1. The van der Waals surface area contributed by atoms with Gasteiger partial charge < -0.3 is 15.2 Å². The van der Waals surface area contributed by atoms with Crippen LogP contribution in [0.5, 0.6) is 0 Å². The Morgan fingerprint density at radius 2 is 2.06 bits per heavy atom. The van der Waals surface area contributed by atoms with Crippen LogP contribution in [-0.2, 0) is 4.74 Å². The number of likely N-dealkylation sites (N-methyl/N-ethyl adjacent to an activating group) is 1. The first kappa shape index (κ1) is 12.6. The first-order chi connectivity index (χ1) is 8.33. The first-order valence-electron chi connectivity index (χ1n) is 6.32. The van der Waals surface area contributed by atoms with Crippen molar-refractivity contribution in [2.75, 3.05) is 26.8 Å². The molecule has 1 atom stereocenters. The fourth-order valence-electron chi connectivity index (χ4n) is 2.50. The van der Waals surface area contributed by atoms with Gasteiger partial charge in [-0.2, -0.15) is 0 Å². The molecule has 3 heteroatoms. The molecule has 17 heavy (non-hydrogen) atoms. The van der Waals surface area contributed by atoms with E-state index in [1.807, 2.05) is 19.2 Å². The minimum absolute atomic E-state index is 0.418. The SMILES string of the molecule is CNCC(O)c1ccccc1C1CCOCC1. The lowest BCUT2D eigenvalue weighted by atomic mass is 9.86. The topological polar surface area (TPSA) is 41.5 Å². The highest BCUT2D eigenvalue weighted by Gasteiger charge is 2.21. The van der Waals surface area contributed by atoms with E-state index >= 15 is 0 Å². The van der Waals surface area contributed by atoms with Crippen molar-refractivity contribution in [3.63, 3.8) is 0 Å². The molecule has 1 unspecified atom stereocenters. The summed E-state index contributed by atoms with van der Waals surface area (Å²) in [5, 5.41) is 13.2. The molecular formula is C14H21NO2. The van der Waals surface area contributed by atoms with Gasteiger partial charge >= 0.3 is 0 Å². The van der Waals surface area contributed by atoms with Gasteiger partial charge in [-0.15, -0.1) is 0 Å². The second-order valence-corrected chi connectivity index (χ2v) is 4.59. The molecule has 0 bridgehead atoms. The first-order valence-corrected chi connectivity index (χ1v) is 6.32. The third-order valence-corrected chi connectivity index (χ3v) is 3.41. The third-order valence-electron chi connectivity index (χ3n) is 3.41. The van der Waals surface area contributed by atoms with Gasteiger partial charge in [-0.05, 0) is 36.9 Å². The normalized spacial score (nSPS) is 19.2. The van der Waals surface area contributed by atoms with Crippen molar-refractivity contribution in [2.24, 2.45) is 0 Å². The van der Waals surface area contributed by atoms with Gasteiger partial charge in [0, 0.05) is 19.8 Å². The molecule has 1 aliphatic heterocycles. The largest absolute Gasteiger partial charge is 0.387 e. The second kappa shape index (κ2) is 6.15. The molecule has 1 aromatic rings. The summed E-state index contributed by atoms with van der Waals surface area (Å²) in [7, 11) is 1.86. The average molecular weight is 235 g/mol. The van der Waals surface area contributed by atoms with Gasteiger partial charge in [-0.3, -0.25) is 0 Å². The number of hydrogen-bond donors (Lipinski definition) is 2. The van der Waals surface area contributed by atoms with Gasteiger partial charge in [-0.25, -0.2) is 0 Å². The van der Waals surface area contributed by atoms with Gasteiger partial charge in [0.25, 0.3) is 0 Å².